The first kappa shape index (κ1) is 21.0. The summed E-state index contributed by atoms with van der Waals surface area (Å²) < 4.78 is 7.23. The van der Waals surface area contributed by atoms with Crippen molar-refractivity contribution < 1.29 is 19.1 Å². The van der Waals surface area contributed by atoms with Crippen molar-refractivity contribution in [2.24, 2.45) is 0 Å². The molecule has 4 amide bonds. The number of amides is 4. The molecule has 1 aromatic heterocycles. The molecule has 5 rings (SSSR count). The Hall–Kier alpha value is -3.85. The number of hydrogen-bond donors (Lipinski definition) is 2. The van der Waals surface area contributed by atoms with E-state index in [1.54, 1.807) is 47.3 Å². The third-order valence-corrected chi connectivity index (χ3v) is 6.00. The molecule has 2 aliphatic heterocycles. The summed E-state index contributed by atoms with van der Waals surface area (Å²) >= 11 is 6.04. The van der Waals surface area contributed by atoms with Crippen molar-refractivity contribution in [2.75, 3.05) is 18.5 Å². The second kappa shape index (κ2) is 8.25. The molecule has 0 radical (unpaired) electrons. The zero-order valence-electron chi connectivity index (χ0n) is 17.5. The summed E-state index contributed by atoms with van der Waals surface area (Å²) in [7, 11) is 0. The third kappa shape index (κ3) is 3.80. The number of imide groups is 1. The Balaban J connectivity index is 1.30. The van der Waals surface area contributed by atoms with Crippen LogP contribution in [0.15, 0.2) is 60.8 Å². The monoisotopic (exact) mass is 465 g/mol. The van der Waals surface area contributed by atoms with Gasteiger partial charge in [-0.15, -0.1) is 0 Å². The van der Waals surface area contributed by atoms with Gasteiger partial charge in [-0.2, -0.15) is 5.10 Å². The van der Waals surface area contributed by atoms with Crippen molar-refractivity contribution >= 4 is 35.3 Å². The van der Waals surface area contributed by atoms with Crippen LogP contribution in [0.4, 0.5) is 10.6 Å². The summed E-state index contributed by atoms with van der Waals surface area (Å²) in [5, 5.41) is 10.4. The molecule has 2 aromatic carbocycles. The lowest BCUT2D eigenvalue weighted by atomic mass is 9.84. The summed E-state index contributed by atoms with van der Waals surface area (Å²) in [6.45, 7) is 0.260. The van der Waals surface area contributed by atoms with Crippen LogP contribution in [0.2, 0.25) is 5.02 Å². The first-order valence-corrected chi connectivity index (χ1v) is 10.8. The summed E-state index contributed by atoms with van der Waals surface area (Å²) in [5.74, 6) is 0.0151. The number of nitrogens with one attached hydrogen (secondary N) is 2. The zero-order chi connectivity index (χ0) is 23.0. The number of halogens is 1. The van der Waals surface area contributed by atoms with Gasteiger partial charge in [-0.1, -0.05) is 41.9 Å². The maximum absolute atomic E-state index is 13.3. The van der Waals surface area contributed by atoms with Crippen molar-refractivity contribution in [1.29, 1.82) is 0 Å². The minimum absolute atomic E-state index is 0.283. The van der Waals surface area contributed by atoms with Gasteiger partial charge < -0.3 is 15.4 Å². The third-order valence-electron chi connectivity index (χ3n) is 5.76. The fourth-order valence-electron chi connectivity index (χ4n) is 4.21. The van der Waals surface area contributed by atoms with Crippen LogP contribution in [0.3, 0.4) is 0 Å². The van der Waals surface area contributed by atoms with Gasteiger partial charge in [0.2, 0.25) is 5.91 Å². The summed E-state index contributed by atoms with van der Waals surface area (Å²) in [4.78, 5) is 39.7. The Morgan fingerprint density at radius 3 is 2.88 bits per heavy atom. The Morgan fingerprint density at radius 1 is 1.18 bits per heavy atom. The largest absolute Gasteiger partial charge is 0.493 e. The summed E-state index contributed by atoms with van der Waals surface area (Å²) in [6, 6.07) is 15.5. The van der Waals surface area contributed by atoms with Gasteiger partial charge in [0.25, 0.3) is 5.91 Å². The highest BCUT2D eigenvalue weighted by molar-refractivity contribution is 6.30. The van der Waals surface area contributed by atoms with Crippen LogP contribution in [0, 0.1) is 0 Å². The number of carbonyl (C=O) groups is 3. The van der Waals surface area contributed by atoms with E-state index >= 15 is 0 Å². The molecule has 0 bridgehead atoms. The number of fused-ring (bicyclic) bond motifs is 2. The van der Waals surface area contributed by atoms with Crippen molar-refractivity contribution in [3.8, 4) is 5.75 Å². The Kier molecular flexibility index (Phi) is 5.26. The van der Waals surface area contributed by atoms with Crippen molar-refractivity contribution in [3.63, 3.8) is 0 Å². The van der Waals surface area contributed by atoms with Gasteiger partial charge in [0.15, 0.2) is 5.54 Å². The average Bonchev–Trinajstić information content (AvgIpc) is 3.32. The normalized spacial score (nSPS) is 19.2. The molecule has 0 aliphatic carbocycles. The van der Waals surface area contributed by atoms with E-state index in [4.69, 9.17) is 16.3 Å². The van der Waals surface area contributed by atoms with Crippen LogP contribution < -0.4 is 15.4 Å². The molecule has 1 saturated heterocycles. The van der Waals surface area contributed by atoms with Crippen LogP contribution in [0.5, 0.6) is 5.75 Å². The standard InChI is InChI=1S/C23H20ClN5O4/c24-16-5-3-4-15(12-16)13-29-19(8-10-25-29)26-20(30)14-28-21(31)23(27-22(28)32)9-11-33-18-7-2-1-6-17(18)23/h1-8,10,12H,9,11,13-14H2,(H,26,30)(H,27,32). The summed E-state index contributed by atoms with van der Waals surface area (Å²) in [5.41, 5.74) is 0.286. The molecule has 3 aromatic rings. The number of para-hydroxylation sites is 1. The summed E-state index contributed by atoms with van der Waals surface area (Å²) in [6.07, 6.45) is 1.85. The second-order valence-electron chi connectivity index (χ2n) is 7.87. The van der Waals surface area contributed by atoms with Crippen LogP contribution in [0.1, 0.15) is 17.5 Å². The predicted octanol–water partition coefficient (Wildman–Crippen LogP) is 2.75. The Labute approximate surface area is 194 Å². The smallest absolute Gasteiger partial charge is 0.325 e. The highest BCUT2D eigenvalue weighted by atomic mass is 35.5. The fourth-order valence-corrected chi connectivity index (χ4v) is 4.43. The highest BCUT2D eigenvalue weighted by Gasteiger charge is 2.55. The van der Waals surface area contributed by atoms with Crippen molar-refractivity contribution in [3.05, 3.63) is 76.9 Å². The lowest BCUT2D eigenvalue weighted by Crippen LogP contribution is -2.48. The van der Waals surface area contributed by atoms with Gasteiger partial charge in [-0.05, 0) is 23.8 Å². The van der Waals surface area contributed by atoms with E-state index in [9.17, 15) is 14.4 Å². The first-order chi connectivity index (χ1) is 16.0. The fraction of sp³-hybridized carbons (Fsp3) is 0.217. The van der Waals surface area contributed by atoms with E-state index < -0.39 is 29.9 Å². The van der Waals surface area contributed by atoms with Gasteiger partial charge in [-0.3, -0.25) is 14.5 Å². The lowest BCUT2D eigenvalue weighted by Gasteiger charge is -2.33. The van der Waals surface area contributed by atoms with Gasteiger partial charge in [-0.25, -0.2) is 9.48 Å². The Morgan fingerprint density at radius 2 is 2.03 bits per heavy atom. The molecule has 10 heteroatoms. The topological polar surface area (TPSA) is 106 Å². The molecule has 2 aliphatic rings. The molecule has 168 valence electrons. The number of carbonyl (C=O) groups excluding carboxylic acids is 3. The number of rotatable bonds is 5. The zero-order valence-corrected chi connectivity index (χ0v) is 18.2. The van der Waals surface area contributed by atoms with E-state index in [1.807, 2.05) is 18.2 Å². The van der Waals surface area contributed by atoms with Gasteiger partial charge in [0.1, 0.15) is 18.1 Å². The molecule has 1 atom stereocenters. The predicted molar refractivity (Wildman–Crippen MR) is 120 cm³/mol. The van der Waals surface area contributed by atoms with Crippen LogP contribution in [-0.4, -0.2) is 45.7 Å². The number of benzene rings is 2. The number of aromatic nitrogens is 2. The molecule has 3 heterocycles. The number of urea groups is 1. The quantitative estimate of drug-likeness (QED) is 0.564. The van der Waals surface area contributed by atoms with E-state index in [0.29, 0.717) is 35.1 Å². The van der Waals surface area contributed by atoms with Crippen molar-refractivity contribution in [2.45, 2.75) is 18.5 Å². The number of hydrogen-bond acceptors (Lipinski definition) is 5. The molecule has 1 spiro atoms. The average molecular weight is 466 g/mol. The molecule has 2 N–H and O–H groups in total. The Bertz CT molecular complexity index is 1260. The van der Waals surface area contributed by atoms with E-state index in [1.165, 1.54) is 0 Å². The molecular weight excluding hydrogens is 446 g/mol. The first-order valence-electron chi connectivity index (χ1n) is 10.4. The van der Waals surface area contributed by atoms with Crippen LogP contribution >= 0.6 is 11.6 Å². The minimum Gasteiger partial charge on any atom is -0.493 e. The highest BCUT2D eigenvalue weighted by Crippen LogP contribution is 2.40. The van der Waals surface area contributed by atoms with Crippen LogP contribution in [-0.2, 0) is 21.7 Å². The second-order valence-corrected chi connectivity index (χ2v) is 8.31. The SMILES string of the molecule is O=C(CN1C(=O)NC2(CCOc3ccccc32)C1=O)Nc1ccnn1Cc1cccc(Cl)c1. The molecule has 9 nitrogen and oxygen atoms in total. The molecule has 1 fully saturated rings. The molecule has 33 heavy (non-hydrogen) atoms. The lowest BCUT2D eigenvalue weighted by molar-refractivity contribution is -0.135. The van der Waals surface area contributed by atoms with Gasteiger partial charge >= 0.3 is 6.03 Å². The maximum atomic E-state index is 13.3. The van der Waals surface area contributed by atoms with E-state index in [2.05, 4.69) is 15.7 Å². The van der Waals surface area contributed by atoms with E-state index in [-0.39, 0.29) is 6.61 Å². The van der Waals surface area contributed by atoms with Crippen LogP contribution in [0.25, 0.3) is 0 Å². The maximum Gasteiger partial charge on any atom is 0.325 e. The van der Waals surface area contributed by atoms with Crippen molar-refractivity contribution in [1.82, 2.24) is 20.0 Å². The van der Waals surface area contributed by atoms with Gasteiger partial charge in [0, 0.05) is 23.1 Å². The van der Waals surface area contributed by atoms with Gasteiger partial charge in [0.05, 0.1) is 19.3 Å². The number of anilines is 1. The molecule has 1 unspecified atom stereocenters. The number of nitrogens with zero attached hydrogens (tertiary/aromatic N) is 3. The molecule has 0 saturated carbocycles. The molecular formula is C23H20ClN5O4. The minimum atomic E-state index is -1.22. The van der Waals surface area contributed by atoms with E-state index in [0.717, 1.165) is 10.5 Å². The number of ether oxygens (including phenoxy) is 1.